The quantitative estimate of drug-likeness (QED) is 0.450. The first-order valence-electron chi connectivity index (χ1n) is 12.5. The summed E-state index contributed by atoms with van der Waals surface area (Å²) in [5.74, 6) is -0.479. The van der Waals surface area contributed by atoms with Crippen LogP contribution in [0.25, 0.3) is 10.8 Å². The third-order valence-corrected chi connectivity index (χ3v) is 7.62. The molecule has 2 aliphatic carbocycles. The Kier molecular flexibility index (Phi) is 7.70. The summed E-state index contributed by atoms with van der Waals surface area (Å²) in [4.78, 5) is 11.1. The van der Waals surface area contributed by atoms with Gasteiger partial charge < -0.3 is 15.2 Å². The minimum atomic E-state index is -4.51. The number of nitrogens with one attached hydrogen (secondary N) is 1. The summed E-state index contributed by atoms with van der Waals surface area (Å²) in [7, 11) is 0. The van der Waals surface area contributed by atoms with Crippen LogP contribution in [-0.4, -0.2) is 29.8 Å². The molecule has 2 aromatic rings. The molecule has 0 aliphatic heterocycles. The summed E-state index contributed by atoms with van der Waals surface area (Å²) in [5.41, 5.74) is 0.136. The van der Waals surface area contributed by atoms with E-state index in [1.54, 1.807) is 18.2 Å². The van der Waals surface area contributed by atoms with Crippen molar-refractivity contribution in [1.82, 2.24) is 5.32 Å². The molecule has 0 amide bonds. The molecular weight excluding hydrogens is 443 g/mol. The molecule has 2 atom stereocenters. The zero-order valence-corrected chi connectivity index (χ0v) is 19.7. The van der Waals surface area contributed by atoms with Gasteiger partial charge in [-0.15, -0.1) is 0 Å². The minimum Gasteiger partial charge on any atom is -0.490 e. The van der Waals surface area contributed by atoms with E-state index in [1.807, 2.05) is 6.07 Å². The van der Waals surface area contributed by atoms with Crippen molar-refractivity contribution >= 4 is 16.7 Å². The largest absolute Gasteiger partial charge is 0.490 e. The van der Waals surface area contributed by atoms with E-state index in [9.17, 15) is 18.0 Å². The van der Waals surface area contributed by atoms with Crippen LogP contribution in [-0.2, 0) is 17.4 Å². The molecule has 2 aromatic carbocycles. The highest BCUT2D eigenvalue weighted by atomic mass is 19.4. The van der Waals surface area contributed by atoms with Crippen molar-refractivity contribution in [2.24, 2.45) is 11.8 Å². The van der Waals surface area contributed by atoms with Crippen LogP contribution in [0.4, 0.5) is 13.2 Å². The molecule has 2 N–H and O–H groups in total. The second-order valence-electron chi connectivity index (χ2n) is 9.91. The minimum absolute atomic E-state index is 0.0686. The molecule has 0 aromatic heterocycles. The van der Waals surface area contributed by atoms with Crippen LogP contribution in [0.2, 0.25) is 0 Å². The predicted molar refractivity (Wildman–Crippen MR) is 126 cm³/mol. The number of ether oxygens (including phenoxy) is 1. The topological polar surface area (TPSA) is 58.6 Å². The van der Waals surface area contributed by atoms with Gasteiger partial charge in [-0.3, -0.25) is 4.79 Å². The van der Waals surface area contributed by atoms with Crippen molar-refractivity contribution in [2.45, 2.75) is 83.0 Å². The van der Waals surface area contributed by atoms with Gasteiger partial charge in [0.1, 0.15) is 11.3 Å². The summed E-state index contributed by atoms with van der Waals surface area (Å²) in [5, 5.41) is 13.2. The smallest absolute Gasteiger partial charge is 0.420 e. The van der Waals surface area contributed by atoms with E-state index in [0.29, 0.717) is 37.1 Å². The number of aliphatic carboxylic acids is 1. The number of alkyl halides is 3. The zero-order valence-electron chi connectivity index (χ0n) is 19.7. The van der Waals surface area contributed by atoms with Crippen LogP contribution in [0.15, 0.2) is 30.3 Å². The standard InChI is InChI=1S/C27H34F3NO3/c1-2-17-4-10-22(11-5-17)34-24-12-8-19-6-3-18(15-23(19)25(24)27(28,29)30)13-14-31-21-9-7-20(16-21)26(32)33/h3,6,8,12,15,17,20-22,31H,2,4-5,7,9-11,13-14,16H2,1H3,(H,32,33)/t17-,20?,21?,22+. The number of benzene rings is 2. The Morgan fingerprint density at radius 3 is 2.47 bits per heavy atom. The molecule has 7 heteroatoms. The number of fused-ring (bicyclic) bond motifs is 1. The van der Waals surface area contributed by atoms with Crippen LogP contribution in [0, 0.1) is 11.8 Å². The number of hydrogen-bond donors (Lipinski definition) is 2. The molecule has 4 nitrogen and oxygen atoms in total. The Bertz CT molecular complexity index is 999. The van der Waals surface area contributed by atoms with Gasteiger partial charge in [-0.25, -0.2) is 0 Å². The first kappa shape index (κ1) is 24.8. The Morgan fingerprint density at radius 2 is 1.82 bits per heavy atom. The van der Waals surface area contributed by atoms with Gasteiger partial charge in [0, 0.05) is 6.04 Å². The van der Waals surface area contributed by atoms with Gasteiger partial charge in [0.25, 0.3) is 0 Å². The highest BCUT2D eigenvalue weighted by Gasteiger charge is 2.37. The van der Waals surface area contributed by atoms with E-state index in [4.69, 9.17) is 9.84 Å². The maximum atomic E-state index is 14.2. The van der Waals surface area contributed by atoms with Gasteiger partial charge in [0.05, 0.1) is 12.0 Å². The normalized spacial score (nSPS) is 25.5. The van der Waals surface area contributed by atoms with Crippen molar-refractivity contribution in [3.05, 3.63) is 41.5 Å². The number of rotatable bonds is 8. The first-order chi connectivity index (χ1) is 16.2. The van der Waals surface area contributed by atoms with E-state index >= 15 is 0 Å². The van der Waals surface area contributed by atoms with Gasteiger partial charge in [-0.2, -0.15) is 13.2 Å². The Morgan fingerprint density at radius 1 is 1.09 bits per heavy atom. The fourth-order valence-electron chi connectivity index (χ4n) is 5.54. The highest BCUT2D eigenvalue weighted by molar-refractivity contribution is 5.89. The molecule has 2 unspecified atom stereocenters. The maximum Gasteiger partial charge on any atom is 0.420 e. The summed E-state index contributed by atoms with van der Waals surface area (Å²) in [6.07, 6.45) is 2.68. The molecule has 0 bridgehead atoms. The van der Waals surface area contributed by atoms with Crippen molar-refractivity contribution < 1.29 is 27.8 Å². The van der Waals surface area contributed by atoms with Crippen LogP contribution < -0.4 is 10.1 Å². The van der Waals surface area contributed by atoms with Gasteiger partial charge in [-0.1, -0.05) is 37.6 Å². The van der Waals surface area contributed by atoms with Crippen LogP contribution >= 0.6 is 0 Å². The molecule has 0 saturated heterocycles. The average Bonchev–Trinajstić information content (AvgIpc) is 3.28. The predicted octanol–water partition coefficient (Wildman–Crippen LogP) is 6.59. The lowest BCUT2D eigenvalue weighted by Crippen LogP contribution is -2.29. The number of carboxylic acid groups (broad SMARTS) is 1. The Hall–Kier alpha value is -2.28. The van der Waals surface area contributed by atoms with Crippen LogP contribution in [0.3, 0.4) is 0 Å². The van der Waals surface area contributed by atoms with Crippen molar-refractivity contribution in [3.63, 3.8) is 0 Å². The number of carboxylic acids is 1. The van der Waals surface area contributed by atoms with Gasteiger partial charge in [0.15, 0.2) is 0 Å². The molecule has 34 heavy (non-hydrogen) atoms. The van der Waals surface area contributed by atoms with Gasteiger partial charge in [-0.05, 0) is 86.2 Å². The Labute approximate surface area is 198 Å². The van der Waals surface area contributed by atoms with Gasteiger partial charge in [0.2, 0.25) is 0 Å². The highest BCUT2D eigenvalue weighted by Crippen LogP contribution is 2.43. The monoisotopic (exact) mass is 477 g/mol. The SMILES string of the molecule is CC[C@H]1CC[C@@H](Oc2ccc3ccc(CCNC4CCC(C(=O)O)C4)cc3c2C(F)(F)F)CC1. The molecule has 0 radical (unpaired) electrons. The van der Waals surface area contributed by atoms with E-state index in [2.05, 4.69) is 12.2 Å². The van der Waals surface area contributed by atoms with Crippen molar-refractivity contribution in [2.75, 3.05) is 6.54 Å². The average molecular weight is 478 g/mol. The molecule has 0 heterocycles. The van der Waals surface area contributed by atoms with E-state index in [-0.39, 0.29) is 29.2 Å². The number of hydrogen-bond acceptors (Lipinski definition) is 3. The lowest BCUT2D eigenvalue weighted by atomic mass is 9.86. The zero-order chi connectivity index (χ0) is 24.3. The molecule has 186 valence electrons. The third kappa shape index (κ3) is 5.85. The molecule has 2 fully saturated rings. The molecule has 0 spiro atoms. The van der Waals surface area contributed by atoms with Crippen molar-refractivity contribution in [1.29, 1.82) is 0 Å². The molecular formula is C27H34F3NO3. The summed E-state index contributed by atoms with van der Waals surface area (Å²) < 4.78 is 48.5. The maximum absolute atomic E-state index is 14.2. The molecule has 4 rings (SSSR count). The van der Waals surface area contributed by atoms with E-state index < -0.39 is 17.7 Å². The Balaban J connectivity index is 1.48. The van der Waals surface area contributed by atoms with Crippen LogP contribution in [0.1, 0.15) is 69.4 Å². The number of carbonyl (C=O) groups is 1. The second kappa shape index (κ2) is 10.5. The summed E-state index contributed by atoms with van der Waals surface area (Å²) >= 11 is 0. The third-order valence-electron chi connectivity index (χ3n) is 7.62. The van der Waals surface area contributed by atoms with Crippen molar-refractivity contribution in [3.8, 4) is 5.75 Å². The number of halogens is 3. The fourth-order valence-corrected chi connectivity index (χ4v) is 5.54. The van der Waals surface area contributed by atoms with E-state index in [0.717, 1.165) is 44.1 Å². The second-order valence-corrected chi connectivity index (χ2v) is 9.91. The fraction of sp³-hybridized carbons (Fsp3) is 0.593. The lowest BCUT2D eigenvalue weighted by molar-refractivity contribution is -0.141. The summed E-state index contributed by atoms with van der Waals surface area (Å²) in [6.45, 7) is 2.76. The molecule has 2 saturated carbocycles. The first-order valence-corrected chi connectivity index (χ1v) is 12.5. The lowest BCUT2D eigenvalue weighted by Gasteiger charge is -2.29. The van der Waals surface area contributed by atoms with E-state index in [1.165, 1.54) is 6.07 Å². The van der Waals surface area contributed by atoms with Crippen LogP contribution in [0.5, 0.6) is 5.75 Å². The summed E-state index contributed by atoms with van der Waals surface area (Å²) in [6, 6.07) is 8.57. The molecule has 2 aliphatic rings. The van der Waals surface area contributed by atoms with Gasteiger partial charge >= 0.3 is 12.1 Å².